The first-order valence-electron chi connectivity index (χ1n) is 10.6. The van der Waals surface area contributed by atoms with Gasteiger partial charge in [-0.25, -0.2) is 8.42 Å². The Kier molecular flexibility index (Phi) is 6.64. The Bertz CT molecular complexity index is 1090. The van der Waals surface area contributed by atoms with Crippen LogP contribution in [0.1, 0.15) is 36.3 Å². The molecule has 9 nitrogen and oxygen atoms in total. The van der Waals surface area contributed by atoms with Gasteiger partial charge < -0.3 is 19.3 Å². The molecule has 0 spiro atoms. The molecule has 0 atom stereocenters. The molecule has 0 unspecified atom stereocenters. The van der Waals surface area contributed by atoms with Crippen LogP contribution in [-0.2, 0) is 21.4 Å². The summed E-state index contributed by atoms with van der Waals surface area (Å²) in [5, 5.41) is 7.12. The summed E-state index contributed by atoms with van der Waals surface area (Å²) in [6.07, 6.45) is 1.66. The highest BCUT2D eigenvalue weighted by Crippen LogP contribution is 2.38. The van der Waals surface area contributed by atoms with Crippen LogP contribution in [0.2, 0.25) is 5.02 Å². The van der Waals surface area contributed by atoms with Crippen LogP contribution in [0.4, 0.5) is 0 Å². The van der Waals surface area contributed by atoms with E-state index in [2.05, 4.69) is 10.5 Å². The maximum absolute atomic E-state index is 12.9. The van der Waals surface area contributed by atoms with Crippen molar-refractivity contribution in [2.24, 2.45) is 5.92 Å². The summed E-state index contributed by atoms with van der Waals surface area (Å²) in [5.74, 6) is 1.02. The molecule has 1 saturated heterocycles. The normalized spacial score (nSPS) is 17.7. The van der Waals surface area contributed by atoms with E-state index in [-0.39, 0.29) is 35.6 Å². The topological polar surface area (TPSA) is 111 Å². The van der Waals surface area contributed by atoms with E-state index in [9.17, 15) is 13.2 Å². The van der Waals surface area contributed by atoms with Crippen molar-refractivity contribution in [1.82, 2.24) is 14.8 Å². The Morgan fingerprint density at radius 3 is 2.62 bits per heavy atom. The number of nitrogens with zero attached hydrogens (tertiary/aromatic N) is 2. The summed E-state index contributed by atoms with van der Waals surface area (Å²) in [5.41, 5.74) is 1.15. The van der Waals surface area contributed by atoms with E-state index in [0.717, 1.165) is 12.0 Å². The van der Waals surface area contributed by atoms with Gasteiger partial charge in [0.15, 0.2) is 17.3 Å². The van der Waals surface area contributed by atoms with E-state index in [1.165, 1.54) is 4.31 Å². The average molecular weight is 484 g/mol. The van der Waals surface area contributed by atoms with Crippen LogP contribution in [0.15, 0.2) is 21.6 Å². The number of aromatic nitrogens is 1. The van der Waals surface area contributed by atoms with E-state index in [1.54, 1.807) is 19.9 Å². The predicted molar refractivity (Wildman–Crippen MR) is 116 cm³/mol. The number of amides is 1. The minimum absolute atomic E-state index is 0.109. The number of aryl methyl sites for hydroxylation is 2. The number of sulfonamides is 1. The first-order chi connectivity index (χ1) is 15.3. The van der Waals surface area contributed by atoms with Crippen molar-refractivity contribution in [3.05, 3.63) is 34.2 Å². The summed E-state index contributed by atoms with van der Waals surface area (Å²) in [6, 6.07) is 3.58. The summed E-state index contributed by atoms with van der Waals surface area (Å²) >= 11 is 6.32. The molecule has 1 aromatic carbocycles. The fraction of sp³-hybridized carbons (Fsp3) is 0.524. The van der Waals surface area contributed by atoms with Crippen LogP contribution in [0.5, 0.6) is 11.5 Å². The lowest BCUT2D eigenvalue weighted by molar-refractivity contribution is -0.126. The van der Waals surface area contributed by atoms with Crippen molar-refractivity contribution < 1.29 is 27.2 Å². The van der Waals surface area contributed by atoms with Crippen molar-refractivity contribution in [2.45, 2.75) is 44.6 Å². The monoisotopic (exact) mass is 483 g/mol. The SMILES string of the molecule is Cc1noc(C)c1S(=O)(=O)N1CCC(C(=O)NCc2cc(Cl)c3c(c2)OCCCO3)CC1. The van der Waals surface area contributed by atoms with Gasteiger partial charge >= 0.3 is 0 Å². The fourth-order valence-corrected chi connectivity index (χ4v) is 6.10. The molecular formula is C21H26ClN3O6S. The standard InChI is InChI=1S/C21H26ClN3O6S/c1-13-20(14(2)31-24-13)32(27,28)25-6-4-16(5-7-25)21(26)23-12-15-10-17(22)19-18(11-15)29-8-3-9-30-19/h10-11,16H,3-9,12H2,1-2H3,(H,23,26). The largest absolute Gasteiger partial charge is 0.489 e. The molecule has 11 heteroatoms. The van der Waals surface area contributed by atoms with Gasteiger partial charge in [-0.2, -0.15) is 4.31 Å². The van der Waals surface area contributed by atoms with E-state index in [0.29, 0.717) is 54.8 Å². The zero-order valence-corrected chi connectivity index (χ0v) is 19.6. The smallest absolute Gasteiger partial charge is 0.248 e. The summed E-state index contributed by atoms with van der Waals surface area (Å²) in [7, 11) is -3.70. The molecule has 3 heterocycles. The number of fused-ring (bicyclic) bond motifs is 1. The number of hydrogen-bond acceptors (Lipinski definition) is 7. The number of hydrogen-bond donors (Lipinski definition) is 1. The zero-order chi connectivity index (χ0) is 22.9. The van der Waals surface area contributed by atoms with E-state index in [4.69, 9.17) is 25.6 Å². The molecule has 174 valence electrons. The molecule has 1 fully saturated rings. The lowest BCUT2D eigenvalue weighted by atomic mass is 9.97. The van der Waals surface area contributed by atoms with Gasteiger partial charge in [0.2, 0.25) is 15.9 Å². The molecule has 0 bridgehead atoms. The number of piperidine rings is 1. The lowest BCUT2D eigenvalue weighted by Gasteiger charge is -2.30. The highest BCUT2D eigenvalue weighted by atomic mass is 35.5. The van der Waals surface area contributed by atoms with Gasteiger partial charge in [0.25, 0.3) is 0 Å². The molecular weight excluding hydrogens is 458 g/mol. The molecule has 0 saturated carbocycles. The van der Waals surface area contributed by atoms with Crippen LogP contribution in [0.25, 0.3) is 0 Å². The zero-order valence-electron chi connectivity index (χ0n) is 18.0. The summed E-state index contributed by atoms with van der Waals surface area (Å²) < 4.78 is 43.6. The second-order valence-electron chi connectivity index (χ2n) is 8.00. The Balaban J connectivity index is 1.34. The Morgan fingerprint density at radius 2 is 1.94 bits per heavy atom. The van der Waals surface area contributed by atoms with Crippen molar-refractivity contribution in [2.75, 3.05) is 26.3 Å². The second kappa shape index (κ2) is 9.29. The van der Waals surface area contributed by atoms with Gasteiger partial charge in [-0.05, 0) is 44.4 Å². The number of carbonyl (C=O) groups is 1. The van der Waals surface area contributed by atoms with Crippen LogP contribution in [-0.4, -0.2) is 50.1 Å². The minimum Gasteiger partial charge on any atom is -0.489 e. The van der Waals surface area contributed by atoms with Gasteiger partial charge in [0.1, 0.15) is 10.6 Å². The summed E-state index contributed by atoms with van der Waals surface area (Å²) in [4.78, 5) is 12.8. The quantitative estimate of drug-likeness (QED) is 0.696. The molecule has 2 aromatic rings. The van der Waals surface area contributed by atoms with Gasteiger partial charge in [-0.3, -0.25) is 4.79 Å². The lowest BCUT2D eigenvalue weighted by Crippen LogP contribution is -2.43. The molecule has 0 aliphatic carbocycles. The Morgan fingerprint density at radius 1 is 1.22 bits per heavy atom. The Hall–Kier alpha value is -2.30. The maximum Gasteiger partial charge on any atom is 0.248 e. The fourth-order valence-electron chi connectivity index (χ4n) is 4.05. The average Bonchev–Trinajstić information content (AvgIpc) is 2.96. The molecule has 4 rings (SSSR count). The van der Waals surface area contributed by atoms with Gasteiger partial charge in [-0.1, -0.05) is 16.8 Å². The number of nitrogens with one attached hydrogen (secondary N) is 1. The number of carbonyl (C=O) groups excluding carboxylic acids is 1. The van der Waals surface area contributed by atoms with Crippen LogP contribution in [0, 0.1) is 19.8 Å². The second-order valence-corrected chi connectivity index (χ2v) is 10.3. The first-order valence-corrected chi connectivity index (χ1v) is 12.4. The third kappa shape index (κ3) is 4.57. The molecule has 2 aliphatic heterocycles. The third-order valence-electron chi connectivity index (χ3n) is 5.72. The van der Waals surface area contributed by atoms with Crippen LogP contribution >= 0.6 is 11.6 Å². The number of rotatable bonds is 5. The number of halogens is 1. The number of benzene rings is 1. The molecule has 1 amide bonds. The van der Waals surface area contributed by atoms with Crippen LogP contribution in [0.3, 0.4) is 0 Å². The highest BCUT2D eigenvalue weighted by molar-refractivity contribution is 7.89. The van der Waals surface area contributed by atoms with Crippen molar-refractivity contribution in [3.63, 3.8) is 0 Å². The van der Waals surface area contributed by atoms with Crippen molar-refractivity contribution in [1.29, 1.82) is 0 Å². The van der Waals surface area contributed by atoms with Gasteiger partial charge in [-0.15, -0.1) is 0 Å². The van der Waals surface area contributed by atoms with Crippen molar-refractivity contribution >= 4 is 27.5 Å². The summed E-state index contributed by atoms with van der Waals surface area (Å²) in [6.45, 7) is 5.11. The maximum atomic E-state index is 12.9. The van der Waals surface area contributed by atoms with Gasteiger partial charge in [0, 0.05) is 32.0 Å². The molecule has 32 heavy (non-hydrogen) atoms. The Labute approximate surface area is 192 Å². The van der Waals surface area contributed by atoms with Crippen molar-refractivity contribution in [3.8, 4) is 11.5 Å². The van der Waals surface area contributed by atoms with E-state index < -0.39 is 10.0 Å². The van der Waals surface area contributed by atoms with Crippen LogP contribution < -0.4 is 14.8 Å². The predicted octanol–water partition coefficient (Wildman–Crippen LogP) is 2.82. The number of ether oxygens (including phenoxy) is 2. The molecule has 0 radical (unpaired) electrons. The third-order valence-corrected chi connectivity index (χ3v) is 8.14. The minimum atomic E-state index is -3.70. The molecule has 1 N–H and O–H groups in total. The van der Waals surface area contributed by atoms with E-state index >= 15 is 0 Å². The first kappa shape index (κ1) is 22.9. The highest BCUT2D eigenvalue weighted by Gasteiger charge is 2.35. The van der Waals surface area contributed by atoms with E-state index in [1.807, 2.05) is 6.07 Å². The molecule has 2 aliphatic rings. The van der Waals surface area contributed by atoms with Gasteiger partial charge in [0.05, 0.1) is 18.2 Å². The molecule has 1 aromatic heterocycles.